The molecule has 1 aliphatic carbocycles. The SMILES string of the molecule is CSc1cc(C)[nH]c(=O)c1CNC(=O)c1cc(-c2ccc(N3CCC(F)(F)CC3)nc2)c2c(c1C)OC(C)(C1CCC(N(C)C)CC1)O2. The van der Waals surface area contributed by atoms with Crippen LogP contribution in [0.1, 0.15) is 72.6 Å². The number of hydrogen-bond donors (Lipinski definition) is 2. The lowest BCUT2D eigenvalue weighted by Crippen LogP contribution is -2.46. The number of thioether (sulfide) groups is 1. The molecule has 0 bridgehead atoms. The molecule has 2 aliphatic heterocycles. The van der Waals surface area contributed by atoms with E-state index in [0.29, 0.717) is 45.6 Å². The Morgan fingerprint density at radius 2 is 1.79 bits per heavy atom. The number of anilines is 1. The fraction of sp³-hybridized carbons (Fsp3) is 0.528. The van der Waals surface area contributed by atoms with E-state index >= 15 is 0 Å². The van der Waals surface area contributed by atoms with Crippen molar-refractivity contribution in [3.63, 3.8) is 0 Å². The first-order valence-electron chi connectivity index (χ1n) is 16.6. The quantitative estimate of drug-likeness (QED) is 0.259. The number of amides is 1. The van der Waals surface area contributed by atoms with Gasteiger partial charge in [-0.15, -0.1) is 11.8 Å². The van der Waals surface area contributed by atoms with E-state index in [0.717, 1.165) is 41.8 Å². The molecule has 12 heteroatoms. The van der Waals surface area contributed by atoms with Crippen LogP contribution in [0.2, 0.25) is 0 Å². The first-order valence-corrected chi connectivity index (χ1v) is 17.9. The number of alkyl halides is 2. The van der Waals surface area contributed by atoms with Gasteiger partial charge in [-0.25, -0.2) is 13.8 Å². The number of carbonyl (C=O) groups excluding carboxylic acids is 1. The number of piperidine rings is 1. The van der Waals surface area contributed by atoms with Crippen molar-refractivity contribution >= 4 is 23.5 Å². The third-order valence-electron chi connectivity index (χ3n) is 10.3. The van der Waals surface area contributed by atoms with Gasteiger partial charge >= 0.3 is 0 Å². The van der Waals surface area contributed by atoms with E-state index in [1.54, 1.807) is 12.3 Å². The van der Waals surface area contributed by atoms with E-state index in [2.05, 4.69) is 34.3 Å². The Kier molecular flexibility index (Phi) is 9.52. The lowest BCUT2D eigenvalue weighted by Gasteiger charge is -2.39. The van der Waals surface area contributed by atoms with Gasteiger partial charge in [0.2, 0.25) is 0 Å². The summed E-state index contributed by atoms with van der Waals surface area (Å²) in [5.74, 6) is -2.03. The molecule has 1 atom stereocenters. The fourth-order valence-electron chi connectivity index (χ4n) is 7.21. The number of aryl methyl sites for hydroxylation is 1. The average Bonchev–Trinajstić information content (AvgIpc) is 3.43. The summed E-state index contributed by atoms with van der Waals surface area (Å²) >= 11 is 1.46. The molecule has 1 amide bonds. The predicted molar refractivity (Wildman–Crippen MR) is 185 cm³/mol. The molecule has 1 unspecified atom stereocenters. The van der Waals surface area contributed by atoms with Crippen LogP contribution in [0.25, 0.3) is 11.1 Å². The average molecular weight is 682 g/mol. The number of carbonyl (C=O) groups is 1. The van der Waals surface area contributed by atoms with Gasteiger partial charge < -0.3 is 29.6 Å². The summed E-state index contributed by atoms with van der Waals surface area (Å²) in [6.07, 6.45) is 7.18. The molecule has 2 N–H and O–H groups in total. The van der Waals surface area contributed by atoms with Crippen molar-refractivity contribution in [1.29, 1.82) is 0 Å². The van der Waals surface area contributed by atoms with Gasteiger partial charge in [-0.05, 0) is 84.1 Å². The molecule has 3 aromatic rings. The molecule has 0 radical (unpaired) electrons. The van der Waals surface area contributed by atoms with Crippen molar-refractivity contribution in [1.82, 2.24) is 20.2 Å². The third kappa shape index (κ3) is 6.78. The number of aromatic nitrogens is 2. The zero-order chi connectivity index (χ0) is 34.4. The number of nitrogens with zero attached hydrogens (tertiary/aromatic N) is 3. The largest absolute Gasteiger partial charge is 0.448 e. The molecule has 0 spiro atoms. The molecule has 3 aliphatic rings. The van der Waals surface area contributed by atoms with Crippen LogP contribution in [0.3, 0.4) is 0 Å². The standard InChI is InChI=1S/C36H45F2N5O4S/c1-21-17-29(48-6)28(34(45)41-21)20-40-33(44)26-18-27(23-7-12-30(39-19-23)43-15-13-36(37,38)14-16-43)32-31(22(26)2)46-35(3,47-32)24-8-10-25(11-9-24)42(4)5/h7,12,17-19,24-25H,8-11,13-16,20H2,1-6H3,(H,40,44)(H,41,45). The maximum absolute atomic E-state index is 13.9. The third-order valence-corrected chi connectivity index (χ3v) is 11.1. The molecular formula is C36H45F2N5O4S. The number of benzene rings is 1. The van der Waals surface area contributed by atoms with Crippen molar-refractivity contribution in [2.45, 2.75) is 88.5 Å². The second kappa shape index (κ2) is 13.3. The van der Waals surface area contributed by atoms with Crippen LogP contribution in [-0.2, 0) is 6.54 Å². The summed E-state index contributed by atoms with van der Waals surface area (Å²) < 4.78 is 41.0. The van der Waals surface area contributed by atoms with E-state index in [9.17, 15) is 18.4 Å². The monoisotopic (exact) mass is 681 g/mol. The Labute approximate surface area is 284 Å². The highest BCUT2D eigenvalue weighted by molar-refractivity contribution is 7.98. The predicted octanol–water partition coefficient (Wildman–Crippen LogP) is 6.55. The van der Waals surface area contributed by atoms with Crippen LogP contribution >= 0.6 is 11.8 Å². The van der Waals surface area contributed by atoms with E-state index < -0.39 is 11.7 Å². The molecule has 2 fully saturated rings. The minimum atomic E-state index is -2.64. The minimum Gasteiger partial charge on any atom is -0.448 e. The highest BCUT2D eigenvalue weighted by Gasteiger charge is 2.48. The number of fused-ring (bicyclic) bond motifs is 1. The minimum absolute atomic E-state index is 0.0613. The number of aromatic amines is 1. The molecule has 48 heavy (non-hydrogen) atoms. The molecule has 258 valence electrons. The fourth-order valence-corrected chi connectivity index (χ4v) is 7.92. The lowest BCUT2D eigenvalue weighted by atomic mass is 9.81. The number of hydrogen-bond acceptors (Lipinski definition) is 8. The summed E-state index contributed by atoms with van der Waals surface area (Å²) in [4.78, 5) is 39.1. The van der Waals surface area contributed by atoms with Crippen molar-refractivity contribution in [3.8, 4) is 22.6 Å². The number of rotatable bonds is 8. The molecule has 4 heterocycles. The Bertz CT molecular complexity index is 1730. The van der Waals surface area contributed by atoms with E-state index in [1.807, 2.05) is 50.1 Å². The van der Waals surface area contributed by atoms with Crippen molar-refractivity contribution in [2.24, 2.45) is 5.92 Å². The smallest absolute Gasteiger partial charge is 0.254 e. The molecule has 2 aromatic heterocycles. The van der Waals surface area contributed by atoms with Gasteiger partial charge in [-0.3, -0.25) is 9.59 Å². The number of H-pyrrole nitrogens is 1. The second-order valence-electron chi connectivity index (χ2n) is 13.7. The van der Waals surface area contributed by atoms with Gasteiger partial charge in [0.15, 0.2) is 11.5 Å². The van der Waals surface area contributed by atoms with Gasteiger partial charge in [-0.2, -0.15) is 0 Å². The zero-order valence-electron chi connectivity index (χ0n) is 28.5. The summed E-state index contributed by atoms with van der Waals surface area (Å²) in [6, 6.07) is 7.94. The number of halogens is 2. The maximum atomic E-state index is 13.9. The normalized spacial score (nSPS) is 23.4. The Balaban J connectivity index is 1.33. The van der Waals surface area contributed by atoms with Crippen molar-refractivity contribution in [2.75, 3.05) is 38.3 Å². The van der Waals surface area contributed by atoms with Gasteiger partial charge in [-0.1, -0.05) is 0 Å². The van der Waals surface area contributed by atoms with E-state index in [4.69, 9.17) is 9.47 Å². The number of ether oxygens (including phenoxy) is 2. The van der Waals surface area contributed by atoms with Gasteiger partial charge in [0, 0.05) is 96.0 Å². The first-order chi connectivity index (χ1) is 22.8. The van der Waals surface area contributed by atoms with Crippen molar-refractivity contribution < 1.29 is 23.0 Å². The molecule has 1 aromatic carbocycles. The topological polar surface area (TPSA) is 99.8 Å². The molecule has 1 saturated heterocycles. The number of nitrogens with one attached hydrogen (secondary N) is 2. The second-order valence-corrected chi connectivity index (χ2v) is 14.6. The van der Waals surface area contributed by atoms with Gasteiger partial charge in [0.05, 0.1) is 0 Å². The van der Waals surface area contributed by atoms with Crippen LogP contribution in [0.5, 0.6) is 11.5 Å². The van der Waals surface area contributed by atoms with Crippen LogP contribution in [-0.4, -0.2) is 72.0 Å². The van der Waals surface area contributed by atoms with Crippen LogP contribution in [0, 0.1) is 19.8 Å². The Morgan fingerprint density at radius 1 is 1.10 bits per heavy atom. The molecule has 9 nitrogen and oxygen atoms in total. The highest BCUT2D eigenvalue weighted by atomic mass is 32.2. The Morgan fingerprint density at radius 3 is 2.42 bits per heavy atom. The first kappa shape index (κ1) is 34.2. The zero-order valence-corrected chi connectivity index (χ0v) is 29.4. The Hall–Kier alpha value is -3.64. The molecular weight excluding hydrogens is 636 g/mol. The van der Waals surface area contributed by atoms with Crippen LogP contribution in [0.4, 0.5) is 14.6 Å². The molecule has 1 saturated carbocycles. The van der Waals surface area contributed by atoms with E-state index in [-0.39, 0.29) is 49.9 Å². The van der Waals surface area contributed by atoms with Crippen molar-refractivity contribution in [3.05, 3.63) is 63.2 Å². The highest BCUT2D eigenvalue weighted by Crippen LogP contribution is 2.53. The van der Waals surface area contributed by atoms with Crippen LogP contribution < -0.4 is 25.2 Å². The number of pyridine rings is 2. The summed E-state index contributed by atoms with van der Waals surface area (Å²) in [7, 11) is 4.23. The summed E-state index contributed by atoms with van der Waals surface area (Å²) in [5, 5.41) is 2.96. The van der Waals surface area contributed by atoms with Crippen LogP contribution in [0.15, 0.2) is 40.2 Å². The molecule has 6 rings (SSSR count). The van der Waals surface area contributed by atoms with E-state index in [1.165, 1.54) is 11.8 Å². The van der Waals surface area contributed by atoms with Gasteiger partial charge in [0.1, 0.15) is 5.82 Å². The van der Waals surface area contributed by atoms with Gasteiger partial charge in [0.25, 0.3) is 23.2 Å². The summed E-state index contributed by atoms with van der Waals surface area (Å²) in [5.41, 5.74) is 3.46. The summed E-state index contributed by atoms with van der Waals surface area (Å²) in [6.45, 7) is 6.20. The lowest BCUT2D eigenvalue weighted by molar-refractivity contribution is -0.123. The maximum Gasteiger partial charge on any atom is 0.254 e.